The molecule has 0 aromatic carbocycles. The molecule has 1 N–H and O–H groups in total. The Labute approximate surface area is 100 Å². The molecule has 88 valence electrons. The highest BCUT2D eigenvalue weighted by molar-refractivity contribution is 5.58. The Morgan fingerprint density at radius 1 is 1.24 bits per heavy atom. The van der Waals surface area contributed by atoms with Crippen LogP contribution < -0.4 is 0 Å². The van der Waals surface area contributed by atoms with Crippen LogP contribution in [0.15, 0.2) is 30.6 Å². The number of aliphatic hydroxyl groups is 1. The largest absolute Gasteiger partial charge is 0.384 e. The summed E-state index contributed by atoms with van der Waals surface area (Å²) in [5.41, 5.74) is 1.51. The van der Waals surface area contributed by atoms with Crippen LogP contribution in [-0.2, 0) is 5.60 Å². The molecule has 4 rings (SSSR count). The van der Waals surface area contributed by atoms with E-state index in [1.54, 1.807) is 0 Å². The lowest BCUT2D eigenvalue weighted by molar-refractivity contribution is 0.119. The van der Waals surface area contributed by atoms with Crippen molar-refractivity contribution in [2.24, 2.45) is 11.8 Å². The molecule has 2 aliphatic rings. The van der Waals surface area contributed by atoms with Crippen LogP contribution in [0.25, 0.3) is 5.52 Å². The molecular weight excluding hydrogens is 212 g/mol. The molecule has 2 saturated carbocycles. The van der Waals surface area contributed by atoms with Crippen molar-refractivity contribution < 1.29 is 5.11 Å². The first-order chi connectivity index (χ1) is 8.32. The van der Waals surface area contributed by atoms with Crippen molar-refractivity contribution in [1.82, 2.24) is 9.61 Å². The predicted octanol–water partition coefficient (Wildman–Crippen LogP) is 2.34. The topological polar surface area (TPSA) is 37.5 Å². The van der Waals surface area contributed by atoms with E-state index in [9.17, 15) is 5.11 Å². The van der Waals surface area contributed by atoms with Crippen LogP contribution in [0.4, 0.5) is 0 Å². The van der Waals surface area contributed by atoms with Crippen molar-refractivity contribution in [3.05, 3.63) is 36.2 Å². The van der Waals surface area contributed by atoms with E-state index in [1.165, 1.54) is 25.7 Å². The van der Waals surface area contributed by atoms with Gasteiger partial charge >= 0.3 is 0 Å². The van der Waals surface area contributed by atoms with Crippen LogP contribution in [0.3, 0.4) is 0 Å². The lowest BCUT2D eigenvalue weighted by Gasteiger charge is -2.08. The monoisotopic (exact) mass is 228 g/mol. The van der Waals surface area contributed by atoms with E-state index in [2.05, 4.69) is 5.10 Å². The molecule has 2 unspecified atom stereocenters. The molecule has 2 aromatic rings. The first-order valence-electron chi connectivity index (χ1n) is 6.47. The lowest BCUT2D eigenvalue weighted by atomic mass is 10.0. The van der Waals surface area contributed by atoms with Crippen LogP contribution in [0.2, 0.25) is 0 Å². The predicted molar refractivity (Wildman–Crippen MR) is 64.5 cm³/mol. The molecule has 2 aromatic heterocycles. The molecule has 0 spiro atoms. The van der Waals surface area contributed by atoms with Crippen molar-refractivity contribution in [3.63, 3.8) is 0 Å². The number of aromatic nitrogens is 2. The van der Waals surface area contributed by atoms with Gasteiger partial charge in [0.1, 0.15) is 0 Å². The molecule has 17 heavy (non-hydrogen) atoms. The van der Waals surface area contributed by atoms with Crippen LogP contribution in [0.1, 0.15) is 31.2 Å². The van der Waals surface area contributed by atoms with E-state index in [4.69, 9.17) is 0 Å². The molecular formula is C14H16N2O. The Balaban J connectivity index is 1.85. The van der Waals surface area contributed by atoms with Crippen molar-refractivity contribution >= 4 is 5.52 Å². The smallest absolute Gasteiger partial charge is 0.0996 e. The van der Waals surface area contributed by atoms with Gasteiger partial charge in [-0.05, 0) is 36.8 Å². The van der Waals surface area contributed by atoms with Gasteiger partial charge in [0.15, 0.2) is 0 Å². The van der Waals surface area contributed by atoms with Crippen molar-refractivity contribution in [2.45, 2.75) is 31.3 Å². The van der Waals surface area contributed by atoms with Gasteiger partial charge in [-0.15, -0.1) is 0 Å². The number of nitrogens with zero attached hydrogens (tertiary/aromatic N) is 2. The van der Waals surface area contributed by atoms with Crippen LogP contribution in [0, 0.1) is 11.8 Å². The first kappa shape index (κ1) is 9.66. The number of hydrogen-bond donors (Lipinski definition) is 1. The summed E-state index contributed by atoms with van der Waals surface area (Å²) in [4.78, 5) is 0. The van der Waals surface area contributed by atoms with E-state index in [0.717, 1.165) is 11.1 Å². The highest BCUT2D eigenvalue weighted by atomic mass is 16.3. The van der Waals surface area contributed by atoms with Crippen LogP contribution in [-0.4, -0.2) is 14.7 Å². The fourth-order valence-corrected chi connectivity index (χ4v) is 3.74. The minimum atomic E-state index is -0.584. The summed E-state index contributed by atoms with van der Waals surface area (Å²) in [7, 11) is 0. The molecule has 2 aliphatic carbocycles. The molecule has 0 radical (unpaired) electrons. The van der Waals surface area contributed by atoms with Crippen molar-refractivity contribution in [2.75, 3.05) is 0 Å². The Kier molecular flexibility index (Phi) is 1.76. The summed E-state index contributed by atoms with van der Waals surface area (Å²) in [5, 5.41) is 15.2. The van der Waals surface area contributed by atoms with Gasteiger partial charge < -0.3 is 5.11 Å². The Morgan fingerprint density at radius 3 is 2.76 bits per heavy atom. The Bertz CT molecular complexity index is 562. The zero-order valence-corrected chi connectivity index (χ0v) is 9.71. The average Bonchev–Trinajstić information content (AvgIpc) is 2.80. The summed E-state index contributed by atoms with van der Waals surface area (Å²) in [6.07, 6.45) is 8.67. The normalized spacial score (nSPS) is 35.8. The van der Waals surface area contributed by atoms with Crippen LogP contribution in [0.5, 0.6) is 0 Å². The average molecular weight is 228 g/mol. The highest BCUT2D eigenvalue weighted by Gasteiger charge is 2.65. The van der Waals surface area contributed by atoms with E-state index in [1.807, 2.05) is 35.1 Å². The van der Waals surface area contributed by atoms with Gasteiger partial charge in [0, 0.05) is 11.8 Å². The SMILES string of the molecule is OC1(c2cnn3ccccc23)C2CCCCC21. The molecule has 0 bridgehead atoms. The lowest BCUT2D eigenvalue weighted by Crippen LogP contribution is -2.09. The second kappa shape index (κ2) is 3.10. The summed E-state index contributed by atoms with van der Waals surface area (Å²) in [6.45, 7) is 0. The fourth-order valence-electron chi connectivity index (χ4n) is 3.74. The highest BCUT2D eigenvalue weighted by Crippen LogP contribution is 2.64. The molecule has 3 nitrogen and oxygen atoms in total. The standard InChI is InChI=1S/C14H16N2O/c17-14(10-5-1-2-6-11(10)14)12-9-15-16-8-4-3-7-13(12)16/h3-4,7-11,17H,1-2,5-6H2. The summed E-state index contributed by atoms with van der Waals surface area (Å²) < 4.78 is 1.86. The number of fused-ring (bicyclic) bond motifs is 2. The molecule has 3 heteroatoms. The Morgan fingerprint density at radius 2 is 2.00 bits per heavy atom. The van der Waals surface area contributed by atoms with E-state index < -0.39 is 5.60 Å². The molecule has 0 saturated heterocycles. The van der Waals surface area contributed by atoms with Gasteiger partial charge in [-0.1, -0.05) is 18.9 Å². The minimum absolute atomic E-state index is 0.476. The Hall–Kier alpha value is -1.35. The zero-order valence-electron chi connectivity index (χ0n) is 9.71. The van der Waals surface area contributed by atoms with Crippen molar-refractivity contribution in [3.8, 4) is 0 Å². The van der Waals surface area contributed by atoms with Crippen LogP contribution >= 0.6 is 0 Å². The minimum Gasteiger partial charge on any atom is -0.384 e. The first-order valence-corrected chi connectivity index (χ1v) is 6.47. The molecule has 2 atom stereocenters. The maximum atomic E-state index is 10.9. The van der Waals surface area contributed by atoms with E-state index in [-0.39, 0.29) is 0 Å². The third-order valence-corrected chi connectivity index (χ3v) is 4.65. The molecule has 0 aliphatic heterocycles. The van der Waals surface area contributed by atoms with Crippen molar-refractivity contribution in [1.29, 1.82) is 0 Å². The quantitative estimate of drug-likeness (QED) is 0.813. The third-order valence-electron chi connectivity index (χ3n) is 4.65. The second-order valence-corrected chi connectivity index (χ2v) is 5.41. The fraction of sp³-hybridized carbons (Fsp3) is 0.500. The number of pyridine rings is 1. The maximum Gasteiger partial charge on any atom is 0.0996 e. The van der Waals surface area contributed by atoms with E-state index in [0.29, 0.717) is 11.8 Å². The summed E-state index contributed by atoms with van der Waals surface area (Å²) in [5.74, 6) is 0.953. The molecule has 0 amide bonds. The number of hydrogen-bond acceptors (Lipinski definition) is 2. The molecule has 2 fully saturated rings. The van der Waals surface area contributed by atoms with Gasteiger partial charge in [0.05, 0.1) is 17.3 Å². The van der Waals surface area contributed by atoms with Gasteiger partial charge in [-0.25, -0.2) is 4.52 Å². The third kappa shape index (κ3) is 1.12. The summed E-state index contributed by atoms with van der Waals surface area (Å²) in [6, 6.07) is 6.02. The molecule has 2 heterocycles. The van der Waals surface area contributed by atoms with E-state index >= 15 is 0 Å². The summed E-state index contributed by atoms with van der Waals surface area (Å²) >= 11 is 0. The van der Waals surface area contributed by atoms with Gasteiger partial charge in [0.2, 0.25) is 0 Å². The second-order valence-electron chi connectivity index (χ2n) is 5.41. The maximum absolute atomic E-state index is 10.9. The zero-order chi connectivity index (χ0) is 11.5. The van der Waals surface area contributed by atoms with Gasteiger partial charge in [0.25, 0.3) is 0 Å². The van der Waals surface area contributed by atoms with Gasteiger partial charge in [-0.2, -0.15) is 5.10 Å². The van der Waals surface area contributed by atoms with Gasteiger partial charge in [-0.3, -0.25) is 0 Å². The number of rotatable bonds is 1.